The number of hydrogen-bond acceptors (Lipinski definition) is 5. The second-order valence-electron chi connectivity index (χ2n) is 4.13. The van der Waals surface area contributed by atoms with E-state index in [1.54, 1.807) is 0 Å². The summed E-state index contributed by atoms with van der Waals surface area (Å²) in [5.74, 6) is 0. The molecule has 1 aromatic rings. The van der Waals surface area contributed by atoms with Crippen LogP contribution in [0.3, 0.4) is 0 Å². The molecule has 108 valence electrons. The molecule has 0 N–H and O–H groups in total. The van der Waals surface area contributed by atoms with Gasteiger partial charge >= 0.3 is 6.18 Å². The van der Waals surface area contributed by atoms with Crippen molar-refractivity contribution in [2.75, 3.05) is 29.9 Å². The average molecular weight is 360 g/mol. The first-order chi connectivity index (χ1) is 9.00. The van der Waals surface area contributed by atoms with Crippen LogP contribution in [0.15, 0.2) is 0 Å². The van der Waals surface area contributed by atoms with E-state index in [1.807, 2.05) is 4.90 Å². The molecule has 2 heterocycles. The van der Waals surface area contributed by atoms with E-state index in [0.717, 1.165) is 18.2 Å². The minimum Gasteiger partial charge on any atom is -0.377 e. The van der Waals surface area contributed by atoms with Gasteiger partial charge in [0.15, 0.2) is 0 Å². The van der Waals surface area contributed by atoms with Crippen LogP contribution in [0.1, 0.15) is 17.8 Å². The molecule has 1 aliphatic rings. The van der Waals surface area contributed by atoms with E-state index in [4.69, 9.17) is 4.74 Å². The lowest BCUT2D eigenvalue weighted by molar-refractivity contribution is -0.138. The Kier molecular flexibility index (Phi) is 5.02. The van der Waals surface area contributed by atoms with Crippen LogP contribution in [-0.4, -0.2) is 41.3 Å². The number of nitrogens with zero attached hydrogens (tertiary/aromatic N) is 3. The quantitative estimate of drug-likeness (QED) is 0.774. The molecule has 0 amide bonds. The van der Waals surface area contributed by atoms with Gasteiger partial charge in [-0.05, 0) is 12.8 Å². The van der Waals surface area contributed by atoms with Gasteiger partial charge in [0.25, 0.3) is 0 Å². The van der Waals surface area contributed by atoms with Gasteiger partial charge in [-0.3, -0.25) is 0 Å². The van der Waals surface area contributed by atoms with Crippen LogP contribution in [0.5, 0.6) is 0 Å². The van der Waals surface area contributed by atoms with Crippen molar-refractivity contribution >= 4 is 32.4 Å². The lowest BCUT2D eigenvalue weighted by Gasteiger charge is -2.31. The molecule has 0 aromatic carbocycles. The van der Waals surface area contributed by atoms with Crippen LogP contribution in [0, 0.1) is 0 Å². The highest BCUT2D eigenvalue weighted by Crippen LogP contribution is 2.35. The molecule has 1 aliphatic heterocycles. The number of hydrogen-bond donors (Lipinski definition) is 0. The van der Waals surface area contributed by atoms with Crippen LogP contribution < -0.4 is 4.90 Å². The number of piperidine rings is 1. The first-order valence-corrected chi connectivity index (χ1v) is 7.77. The molecule has 0 unspecified atom stereocenters. The summed E-state index contributed by atoms with van der Waals surface area (Å²) in [7, 11) is 0. The van der Waals surface area contributed by atoms with Crippen molar-refractivity contribution in [3.05, 3.63) is 5.01 Å². The number of rotatable bonds is 4. The van der Waals surface area contributed by atoms with Gasteiger partial charge in [0.2, 0.25) is 10.1 Å². The Labute approximate surface area is 121 Å². The zero-order valence-electron chi connectivity index (χ0n) is 9.99. The number of anilines is 1. The van der Waals surface area contributed by atoms with Gasteiger partial charge in [-0.2, -0.15) is 13.2 Å². The molecule has 2 rings (SSSR count). The van der Waals surface area contributed by atoms with Gasteiger partial charge in [0.1, 0.15) is 0 Å². The Morgan fingerprint density at radius 3 is 2.53 bits per heavy atom. The van der Waals surface area contributed by atoms with Crippen LogP contribution >= 0.6 is 27.3 Å². The Morgan fingerprint density at radius 2 is 2.00 bits per heavy atom. The molecule has 1 fully saturated rings. The molecular formula is C10H13BrF3N3OS. The van der Waals surface area contributed by atoms with Crippen molar-refractivity contribution < 1.29 is 17.9 Å². The molecule has 0 aliphatic carbocycles. The van der Waals surface area contributed by atoms with Crippen LogP contribution in [0.25, 0.3) is 0 Å². The van der Waals surface area contributed by atoms with E-state index < -0.39 is 11.2 Å². The lowest BCUT2D eigenvalue weighted by atomic mass is 10.1. The van der Waals surface area contributed by atoms with Crippen molar-refractivity contribution in [3.8, 4) is 0 Å². The largest absolute Gasteiger partial charge is 0.445 e. The summed E-state index contributed by atoms with van der Waals surface area (Å²) < 4.78 is 42.9. The number of aromatic nitrogens is 2. The van der Waals surface area contributed by atoms with Gasteiger partial charge in [0, 0.05) is 18.4 Å². The highest BCUT2D eigenvalue weighted by atomic mass is 79.9. The molecule has 0 radical (unpaired) electrons. The third-order valence-corrected chi connectivity index (χ3v) is 4.15. The summed E-state index contributed by atoms with van der Waals surface area (Å²) >= 11 is 3.88. The molecule has 9 heteroatoms. The summed E-state index contributed by atoms with van der Waals surface area (Å²) in [5, 5.41) is 7.06. The van der Waals surface area contributed by atoms with E-state index in [0.29, 0.717) is 36.2 Å². The first kappa shape index (κ1) is 15.0. The fourth-order valence-corrected chi connectivity index (χ4v) is 2.83. The van der Waals surface area contributed by atoms with E-state index >= 15 is 0 Å². The summed E-state index contributed by atoms with van der Waals surface area (Å²) in [6.07, 6.45) is -2.63. The second kappa shape index (κ2) is 6.36. The molecular weight excluding hydrogens is 347 g/mol. The van der Waals surface area contributed by atoms with Gasteiger partial charge in [0.05, 0.1) is 12.7 Å². The zero-order chi connectivity index (χ0) is 13.9. The van der Waals surface area contributed by atoms with Gasteiger partial charge in [-0.25, -0.2) is 0 Å². The zero-order valence-corrected chi connectivity index (χ0v) is 12.4. The van der Waals surface area contributed by atoms with E-state index in [2.05, 4.69) is 26.1 Å². The maximum absolute atomic E-state index is 12.4. The van der Waals surface area contributed by atoms with Gasteiger partial charge in [-0.15, -0.1) is 10.2 Å². The minimum absolute atomic E-state index is 0.184. The summed E-state index contributed by atoms with van der Waals surface area (Å²) in [4.78, 5) is 1.83. The third-order valence-electron chi connectivity index (χ3n) is 2.80. The van der Waals surface area contributed by atoms with Crippen LogP contribution in [-0.2, 0) is 10.9 Å². The van der Waals surface area contributed by atoms with E-state index in [9.17, 15) is 13.2 Å². The fraction of sp³-hybridized carbons (Fsp3) is 0.800. The van der Waals surface area contributed by atoms with Crippen LogP contribution in [0.2, 0.25) is 0 Å². The third kappa shape index (κ3) is 4.03. The van der Waals surface area contributed by atoms with E-state index in [1.165, 1.54) is 0 Å². The Hall–Kier alpha value is -0.410. The monoisotopic (exact) mass is 359 g/mol. The highest BCUT2D eigenvalue weighted by Gasteiger charge is 2.36. The highest BCUT2D eigenvalue weighted by molar-refractivity contribution is 9.09. The number of halogens is 4. The second-order valence-corrected chi connectivity index (χ2v) is 5.88. The summed E-state index contributed by atoms with van der Waals surface area (Å²) in [5.41, 5.74) is 0. The summed E-state index contributed by atoms with van der Waals surface area (Å²) in [6, 6.07) is 0. The molecule has 19 heavy (non-hydrogen) atoms. The number of ether oxygens (including phenoxy) is 1. The number of alkyl halides is 4. The van der Waals surface area contributed by atoms with E-state index in [-0.39, 0.29) is 6.10 Å². The van der Waals surface area contributed by atoms with Crippen molar-refractivity contribution in [3.63, 3.8) is 0 Å². The molecule has 0 bridgehead atoms. The Bertz CT molecular complexity index is 407. The van der Waals surface area contributed by atoms with Gasteiger partial charge < -0.3 is 9.64 Å². The van der Waals surface area contributed by atoms with Crippen molar-refractivity contribution in [2.45, 2.75) is 25.1 Å². The Morgan fingerprint density at radius 1 is 1.32 bits per heavy atom. The predicted molar refractivity (Wildman–Crippen MR) is 69.9 cm³/mol. The smallest absolute Gasteiger partial charge is 0.377 e. The molecule has 4 nitrogen and oxygen atoms in total. The molecule has 0 spiro atoms. The van der Waals surface area contributed by atoms with Crippen molar-refractivity contribution in [1.29, 1.82) is 0 Å². The van der Waals surface area contributed by atoms with Crippen molar-refractivity contribution in [2.24, 2.45) is 0 Å². The molecule has 1 saturated heterocycles. The maximum atomic E-state index is 12.4. The first-order valence-electron chi connectivity index (χ1n) is 5.84. The SMILES string of the molecule is FC(F)(F)c1nnc(N2CCC(OCCBr)CC2)s1. The fourth-order valence-electron chi connectivity index (χ4n) is 1.88. The average Bonchev–Trinajstić information content (AvgIpc) is 2.86. The summed E-state index contributed by atoms with van der Waals surface area (Å²) in [6.45, 7) is 1.96. The molecule has 0 saturated carbocycles. The molecule has 1 aromatic heterocycles. The minimum atomic E-state index is -4.41. The predicted octanol–water partition coefficient (Wildman–Crippen LogP) is 2.94. The Balaban J connectivity index is 1.89. The standard InChI is InChI=1S/C10H13BrF3N3OS/c11-3-6-18-7-1-4-17(5-2-7)9-16-15-8(19-9)10(12,13)14/h7H,1-6H2. The van der Waals surface area contributed by atoms with Crippen molar-refractivity contribution in [1.82, 2.24) is 10.2 Å². The normalized spacial score (nSPS) is 18.0. The topological polar surface area (TPSA) is 38.2 Å². The lowest BCUT2D eigenvalue weighted by Crippen LogP contribution is -2.37. The maximum Gasteiger partial charge on any atom is 0.445 e. The van der Waals surface area contributed by atoms with Gasteiger partial charge in [-0.1, -0.05) is 27.3 Å². The molecule has 0 atom stereocenters. The van der Waals surface area contributed by atoms with Crippen LogP contribution in [0.4, 0.5) is 18.3 Å².